The van der Waals surface area contributed by atoms with E-state index in [1.165, 1.54) is 0 Å². The lowest BCUT2D eigenvalue weighted by Gasteiger charge is -2.12. The number of nitrogens with zero attached hydrogens (tertiary/aromatic N) is 2. The molecule has 1 aromatic carbocycles. The molecular weight excluding hydrogens is 222 g/mol. The van der Waals surface area contributed by atoms with Crippen LogP contribution < -0.4 is 5.73 Å². The van der Waals surface area contributed by atoms with Crippen LogP contribution in [0.15, 0.2) is 36.5 Å². The zero-order valence-corrected chi connectivity index (χ0v) is 9.48. The monoisotopic (exact) mass is 233 g/mol. The van der Waals surface area contributed by atoms with Gasteiger partial charge in [0.1, 0.15) is 0 Å². The molecule has 1 aliphatic rings. The van der Waals surface area contributed by atoms with Gasteiger partial charge in [0.05, 0.1) is 16.9 Å². The quantitative estimate of drug-likeness (QED) is 0.866. The summed E-state index contributed by atoms with van der Waals surface area (Å²) in [5, 5.41) is 5.02. The van der Waals surface area contributed by atoms with Gasteiger partial charge < -0.3 is 5.73 Å². The van der Waals surface area contributed by atoms with E-state index in [0.29, 0.717) is 5.02 Å². The summed E-state index contributed by atoms with van der Waals surface area (Å²) in [4.78, 5) is 0. The summed E-state index contributed by atoms with van der Waals surface area (Å²) in [6.07, 6.45) is 3.84. The molecule has 1 saturated carbocycles. The molecule has 2 N–H and O–H groups in total. The molecule has 0 saturated heterocycles. The van der Waals surface area contributed by atoms with E-state index in [9.17, 15) is 0 Å². The topological polar surface area (TPSA) is 43.8 Å². The van der Waals surface area contributed by atoms with Crippen LogP contribution in [0.1, 0.15) is 18.5 Å². The zero-order valence-electron chi connectivity index (χ0n) is 8.73. The van der Waals surface area contributed by atoms with Crippen molar-refractivity contribution in [1.82, 2.24) is 9.78 Å². The minimum Gasteiger partial charge on any atom is -0.320 e. The molecule has 0 radical (unpaired) electrons. The van der Waals surface area contributed by atoms with Crippen LogP contribution in [0.5, 0.6) is 0 Å². The molecule has 0 unspecified atom stereocenters. The van der Waals surface area contributed by atoms with Crippen LogP contribution in [-0.2, 0) is 5.54 Å². The Morgan fingerprint density at radius 3 is 2.81 bits per heavy atom. The summed E-state index contributed by atoms with van der Waals surface area (Å²) in [5.74, 6) is 0. The van der Waals surface area contributed by atoms with E-state index in [4.69, 9.17) is 17.3 Å². The first-order valence-electron chi connectivity index (χ1n) is 5.28. The van der Waals surface area contributed by atoms with Gasteiger partial charge in [-0.15, -0.1) is 0 Å². The third-order valence-corrected chi connectivity index (χ3v) is 3.23. The normalized spacial score (nSPS) is 17.4. The van der Waals surface area contributed by atoms with Gasteiger partial charge >= 0.3 is 0 Å². The number of aromatic nitrogens is 2. The molecule has 16 heavy (non-hydrogen) atoms. The maximum Gasteiger partial charge on any atom is 0.0664 e. The third kappa shape index (κ3) is 1.52. The van der Waals surface area contributed by atoms with Gasteiger partial charge in [-0.2, -0.15) is 5.10 Å². The Balaban J connectivity index is 2.10. The molecule has 1 fully saturated rings. The summed E-state index contributed by atoms with van der Waals surface area (Å²) < 4.78 is 1.87. The zero-order chi connectivity index (χ0) is 11.2. The first-order valence-corrected chi connectivity index (χ1v) is 5.66. The van der Waals surface area contributed by atoms with Gasteiger partial charge in [0.25, 0.3) is 0 Å². The second-order valence-electron chi connectivity index (χ2n) is 4.26. The molecular formula is C12H12ClN3. The molecule has 2 aromatic rings. The molecule has 4 heteroatoms. The van der Waals surface area contributed by atoms with Crippen molar-refractivity contribution in [3.63, 3.8) is 0 Å². The highest BCUT2D eigenvalue weighted by molar-refractivity contribution is 6.30. The van der Waals surface area contributed by atoms with Crippen molar-refractivity contribution < 1.29 is 0 Å². The lowest BCUT2D eigenvalue weighted by atomic mass is 10.2. The SMILES string of the molecule is NC1(c2ccnn2-c2cccc(Cl)c2)CC1. The summed E-state index contributed by atoms with van der Waals surface area (Å²) in [6.45, 7) is 0. The van der Waals surface area contributed by atoms with E-state index in [1.807, 2.05) is 35.0 Å². The summed E-state index contributed by atoms with van der Waals surface area (Å²) in [6, 6.07) is 9.62. The molecule has 1 heterocycles. The first kappa shape index (κ1) is 9.87. The average molecular weight is 234 g/mol. The van der Waals surface area contributed by atoms with Crippen molar-refractivity contribution in [3.05, 3.63) is 47.2 Å². The molecule has 82 valence electrons. The molecule has 0 aliphatic heterocycles. The molecule has 0 atom stereocenters. The fraction of sp³-hybridized carbons (Fsp3) is 0.250. The number of hydrogen-bond acceptors (Lipinski definition) is 2. The summed E-state index contributed by atoms with van der Waals surface area (Å²) in [7, 11) is 0. The van der Waals surface area contributed by atoms with Gasteiger partial charge in [-0.1, -0.05) is 17.7 Å². The van der Waals surface area contributed by atoms with Gasteiger partial charge in [0, 0.05) is 11.2 Å². The Morgan fingerprint density at radius 1 is 1.31 bits per heavy atom. The maximum absolute atomic E-state index is 6.19. The Morgan fingerprint density at radius 2 is 2.12 bits per heavy atom. The molecule has 0 bridgehead atoms. The van der Waals surface area contributed by atoms with Crippen LogP contribution in [0.25, 0.3) is 5.69 Å². The second-order valence-corrected chi connectivity index (χ2v) is 4.70. The van der Waals surface area contributed by atoms with Crippen molar-refractivity contribution in [3.8, 4) is 5.69 Å². The molecule has 0 spiro atoms. The van der Waals surface area contributed by atoms with Crippen molar-refractivity contribution >= 4 is 11.6 Å². The number of nitrogens with two attached hydrogens (primary N) is 1. The molecule has 1 aromatic heterocycles. The lowest BCUT2D eigenvalue weighted by molar-refractivity contribution is 0.657. The van der Waals surface area contributed by atoms with Crippen LogP contribution in [0.2, 0.25) is 5.02 Å². The van der Waals surface area contributed by atoms with Crippen LogP contribution in [0, 0.1) is 0 Å². The van der Waals surface area contributed by atoms with E-state index in [1.54, 1.807) is 6.20 Å². The standard InChI is InChI=1S/C12H12ClN3/c13-9-2-1-3-10(8-9)16-11(4-7-15-16)12(14)5-6-12/h1-4,7-8H,5-6,14H2. The van der Waals surface area contributed by atoms with Crippen molar-refractivity contribution in [2.75, 3.05) is 0 Å². The highest BCUT2D eigenvalue weighted by Crippen LogP contribution is 2.43. The minimum absolute atomic E-state index is 0.182. The maximum atomic E-state index is 6.19. The highest BCUT2D eigenvalue weighted by Gasteiger charge is 2.42. The molecule has 1 aliphatic carbocycles. The number of benzene rings is 1. The third-order valence-electron chi connectivity index (χ3n) is 2.99. The van der Waals surface area contributed by atoms with Gasteiger partial charge in [-0.25, -0.2) is 4.68 Å². The van der Waals surface area contributed by atoms with Gasteiger partial charge in [0.15, 0.2) is 0 Å². The van der Waals surface area contributed by atoms with E-state index in [0.717, 1.165) is 24.2 Å². The van der Waals surface area contributed by atoms with E-state index in [-0.39, 0.29) is 5.54 Å². The van der Waals surface area contributed by atoms with Crippen LogP contribution in [0.3, 0.4) is 0 Å². The fourth-order valence-corrected chi connectivity index (χ4v) is 2.07. The Labute approximate surface area is 98.8 Å². The predicted octanol–water partition coefficient (Wildman–Crippen LogP) is 2.47. The first-order chi connectivity index (χ1) is 7.69. The van der Waals surface area contributed by atoms with E-state index < -0.39 is 0 Å². The van der Waals surface area contributed by atoms with Crippen molar-refractivity contribution in [2.45, 2.75) is 18.4 Å². The van der Waals surface area contributed by atoms with Crippen molar-refractivity contribution in [2.24, 2.45) is 5.73 Å². The van der Waals surface area contributed by atoms with Crippen molar-refractivity contribution in [1.29, 1.82) is 0 Å². The molecule has 3 nitrogen and oxygen atoms in total. The fourth-order valence-electron chi connectivity index (χ4n) is 1.88. The average Bonchev–Trinajstić information content (AvgIpc) is 2.83. The second kappa shape index (κ2) is 3.34. The van der Waals surface area contributed by atoms with Crippen LogP contribution in [0.4, 0.5) is 0 Å². The summed E-state index contributed by atoms with van der Waals surface area (Å²) in [5.41, 5.74) is 8.04. The van der Waals surface area contributed by atoms with Gasteiger partial charge in [-0.05, 0) is 37.1 Å². The van der Waals surface area contributed by atoms with Gasteiger partial charge in [0.2, 0.25) is 0 Å². The Bertz CT molecular complexity index is 529. The van der Waals surface area contributed by atoms with Crippen LogP contribution in [-0.4, -0.2) is 9.78 Å². The number of hydrogen-bond donors (Lipinski definition) is 1. The highest BCUT2D eigenvalue weighted by atomic mass is 35.5. The Kier molecular flexibility index (Phi) is 2.06. The summed E-state index contributed by atoms with van der Waals surface area (Å²) >= 11 is 5.97. The Hall–Kier alpha value is -1.32. The molecule has 0 amide bonds. The minimum atomic E-state index is -0.182. The predicted molar refractivity (Wildman–Crippen MR) is 63.7 cm³/mol. The smallest absolute Gasteiger partial charge is 0.0664 e. The number of rotatable bonds is 2. The van der Waals surface area contributed by atoms with E-state index in [2.05, 4.69) is 5.10 Å². The number of halogens is 1. The molecule has 3 rings (SSSR count). The largest absolute Gasteiger partial charge is 0.320 e. The van der Waals surface area contributed by atoms with E-state index >= 15 is 0 Å². The van der Waals surface area contributed by atoms with Gasteiger partial charge in [-0.3, -0.25) is 0 Å². The van der Waals surface area contributed by atoms with Crippen LogP contribution >= 0.6 is 11.6 Å². The lowest BCUT2D eigenvalue weighted by Crippen LogP contribution is -2.22.